The van der Waals surface area contributed by atoms with Crippen molar-refractivity contribution in [2.24, 2.45) is 5.92 Å². The van der Waals surface area contributed by atoms with Crippen LogP contribution in [0.25, 0.3) is 10.9 Å². The molecule has 1 fully saturated rings. The number of carbonyl (C=O) groups is 1. The predicted molar refractivity (Wildman–Crippen MR) is 67.6 cm³/mol. The fourth-order valence-electron chi connectivity index (χ4n) is 2.07. The lowest BCUT2D eigenvalue weighted by atomic mass is 10.1. The van der Waals surface area contributed by atoms with Gasteiger partial charge < -0.3 is 0 Å². The smallest absolute Gasteiger partial charge is 0.270 e. The molecule has 2 aromatic rings. The molecule has 0 radical (unpaired) electrons. The zero-order valence-electron chi connectivity index (χ0n) is 10.1. The van der Waals surface area contributed by atoms with Crippen LogP contribution in [0.2, 0.25) is 0 Å². The summed E-state index contributed by atoms with van der Waals surface area (Å²) in [5.74, 6) is 0.315. The third kappa shape index (κ3) is 2.29. The number of Topliss-reactive ketones (excluding diaryl/α,β-unsaturated/α-hetero) is 1. The Bertz CT molecular complexity index is 680. The maximum Gasteiger partial charge on any atom is 0.270 e. The summed E-state index contributed by atoms with van der Waals surface area (Å²) < 4.78 is 0. The van der Waals surface area contributed by atoms with Gasteiger partial charge >= 0.3 is 0 Å². The van der Waals surface area contributed by atoms with E-state index in [1.54, 1.807) is 6.07 Å². The molecule has 0 amide bonds. The number of hydrogen-bond acceptors (Lipinski definition) is 5. The second-order valence-electron chi connectivity index (χ2n) is 4.70. The van der Waals surface area contributed by atoms with Crippen molar-refractivity contribution in [1.82, 2.24) is 9.97 Å². The molecular formula is C13H11N3O3. The molecule has 0 N–H and O–H groups in total. The average molecular weight is 257 g/mol. The lowest BCUT2D eigenvalue weighted by Crippen LogP contribution is -2.07. The Hall–Kier alpha value is -2.37. The van der Waals surface area contributed by atoms with Crippen LogP contribution in [0.15, 0.2) is 24.5 Å². The second kappa shape index (κ2) is 4.38. The molecule has 6 heteroatoms. The van der Waals surface area contributed by atoms with Gasteiger partial charge in [0.25, 0.3) is 5.69 Å². The van der Waals surface area contributed by atoms with Crippen LogP contribution < -0.4 is 0 Å². The number of carbonyl (C=O) groups excluding carboxylic acids is 1. The molecule has 1 aromatic heterocycles. The Morgan fingerprint density at radius 3 is 2.84 bits per heavy atom. The minimum Gasteiger partial charge on any atom is -0.299 e. The Labute approximate surface area is 108 Å². The van der Waals surface area contributed by atoms with Gasteiger partial charge in [-0.15, -0.1) is 0 Å². The van der Waals surface area contributed by atoms with Gasteiger partial charge in [-0.1, -0.05) is 0 Å². The minimum atomic E-state index is -0.459. The summed E-state index contributed by atoms with van der Waals surface area (Å²) >= 11 is 0. The fourth-order valence-corrected chi connectivity index (χ4v) is 2.07. The number of nitrogens with zero attached hydrogens (tertiary/aromatic N) is 3. The van der Waals surface area contributed by atoms with E-state index in [1.807, 2.05) is 0 Å². The highest BCUT2D eigenvalue weighted by Crippen LogP contribution is 2.31. The first-order valence-electron chi connectivity index (χ1n) is 6.06. The largest absolute Gasteiger partial charge is 0.299 e. The summed E-state index contributed by atoms with van der Waals surface area (Å²) in [6.07, 6.45) is 3.51. The van der Waals surface area contributed by atoms with Crippen molar-refractivity contribution in [3.63, 3.8) is 0 Å². The van der Waals surface area contributed by atoms with Gasteiger partial charge in [-0.25, -0.2) is 9.97 Å². The van der Waals surface area contributed by atoms with E-state index in [4.69, 9.17) is 0 Å². The summed E-state index contributed by atoms with van der Waals surface area (Å²) in [7, 11) is 0. The Morgan fingerprint density at radius 1 is 1.37 bits per heavy atom. The van der Waals surface area contributed by atoms with E-state index in [0.29, 0.717) is 16.6 Å². The summed E-state index contributed by atoms with van der Waals surface area (Å²) in [4.78, 5) is 30.3. The summed E-state index contributed by atoms with van der Waals surface area (Å²) in [5, 5.41) is 11.4. The van der Waals surface area contributed by atoms with E-state index in [2.05, 4.69) is 9.97 Å². The first kappa shape index (κ1) is 11.7. The van der Waals surface area contributed by atoms with Crippen LogP contribution in [0, 0.1) is 16.0 Å². The highest BCUT2D eigenvalue weighted by atomic mass is 16.6. The van der Waals surface area contributed by atoms with Crippen molar-refractivity contribution in [3.8, 4) is 0 Å². The van der Waals surface area contributed by atoms with Gasteiger partial charge in [0.15, 0.2) is 0 Å². The molecule has 3 rings (SSSR count). The van der Waals surface area contributed by atoms with Crippen LogP contribution in [-0.4, -0.2) is 20.7 Å². The number of rotatable bonds is 4. The zero-order chi connectivity index (χ0) is 13.4. The number of fused-ring (bicyclic) bond motifs is 1. The molecule has 1 saturated carbocycles. The second-order valence-corrected chi connectivity index (χ2v) is 4.70. The van der Waals surface area contributed by atoms with Gasteiger partial charge in [0, 0.05) is 29.9 Å². The molecule has 6 nitrogen and oxygen atoms in total. The molecule has 1 aliphatic carbocycles. The molecule has 0 unspecified atom stereocenters. The van der Waals surface area contributed by atoms with E-state index < -0.39 is 4.92 Å². The summed E-state index contributed by atoms with van der Waals surface area (Å²) in [6.45, 7) is 0. The standard InChI is InChI=1S/C13H11N3O3/c17-13(8-1-2-8)6-12-10-5-9(16(18)19)3-4-11(10)14-7-15-12/h3-5,7-8H,1-2,6H2. The van der Waals surface area contributed by atoms with Gasteiger partial charge in [0.05, 0.1) is 16.1 Å². The van der Waals surface area contributed by atoms with Crippen LogP contribution in [-0.2, 0) is 11.2 Å². The maximum absolute atomic E-state index is 11.8. The highest BCUT2D eigenvalue weighted by molar-refractivity contribution is 5.90. The van der Waals surface area contributed by atoms with E-state index >= 15 is 0 Å². The van der Waals surface area contributed by atoms with Crippen molar-refractivity contribution in [3.05, 3.63) is 40.3 Å². The van der Waals surface area contributed by atoms with Gasteiger partial charge in [-0.2, -0.15) is 0 Å². The molecule has 0 spiro atoms. The molecule has 1 aromatic carbocycles. The first-order valence-corrected chi connectivity index (χ1v) is 6.06. The molecule has 0 atom stereocenters. The van der Waals surface area contributed by atoms with Crippen LogP contribution in [0.5, 0.6) is 0 Å². The monoisotopic (exact) mass is 257 g/mol. The first-order chi connectivity index (χ1) is 9.15. The van der Waals surface area contributed by atoms with Gasteiger partial charge in [-0.3, -0.25) is 14.9 Å². The van der Waals surface area contributed by atoms with Crippen molar-refractivity contribution >= 4 is 22.4 Å². The molecule has 1 heterocycles. The van der Waals surface area contributed by atoms with Gasteiger partial charge in [0.1, 0.15) is 12.1 Å². The zero-order valence-corrected chi connectivity index (χ0v) is 10.1. The predicted octanol–water partition coefficient (Wildman–Crippen LogP) is 2.06. The van der Waals surface area contributed by atoms with Gasteiger partial charge in [0.2, 0.25) is 0 Å². The number of aromatic nitrogens is 2. The lowest BCUT2D eigenvalue weighted by molar-refractivity contribution is -0.384. The lowest BCUT2D eigenvalue weighted by Gasteiger charge is -2.04. The van der Waals surface area contributed by atoms with E-state index in [1.165, 1.54) is 18.5 Å². The molecule has 96 valence electrons. The third-order valence-electron chi connectivity index (χ3n) is 3.29. The van der Waals surface area contributed by atoms with E-state index in [0.717, 1.165) is 12.8 Å². The normalized spacial score (nSPS) is 14.5. The average Bonchev–Trinajstić information content (AvgIpc) is 3.22. The fraction of sp³-hybridized carbons (Fsp3) is 0.308. The summed E-state index contributed by atoms with van der Waals surface area (Å²) in [5.41, 5.74) is 1.19. The molecule has 0 aliphatic heterocycles. The maximum atomic E-state index is 11.8. The van der Waals surface area contributed by atoms with Crippen LogP contribution in [0.3, 0.4) is 0 Å². The molecule has 0 bridgehead atoms. The van der Waals surface area contributed by atoms with E-state index in [9.17, 15) is 14.9 Å². The number of ketones is 1. The van der Waals surface area contributed by atoms with Crippen molar-refractivity contribution in [1.29, 1.82) is 0 Å². The van der Waals surface area contributed by atoms with Gasteiger partial charge in [-0.05, 0) is 18.9 Å². The number of nitro benzene ring substituents is 1. The highest BCUT2D eigenvalue weighted by Gasteiger charge is 2.29. The quantitative estimate of drug-likeness (QED) is 0.618. The summed E-state index contributed by atoms with van der Waals surface area (Å²) in [6, 6.07) is 4.42. The number of hydrogen-bond donors (Lipinski definition) is 0. The Balaban J connectivity index is 2.04. The number of non-ortho nitro benzene ring substituents is 1. The van der Waals surface area contributed by atoms with Crippen molar-refractivity contribution < 1.29 is 9.72 Å². The minimum absolute atomic E-state index is 0.0116. The molecular weight excluding hydrogens is 246 g/mol. The molecule has 19 heavy (non-hydrogen) atoms. The number of nitro groups is 1. The van der Waals surface area contributed by atoms with Crippen LogP contribution >= 0.6 is 0 Å². The SMILES string of the molecule is O=C(Cc1ncnc2ccc([N+](=O)[O-])cc12)C1CC1. The molecule has 1 aliphatic rings. The molecule has 0 saturated heterocycles. The van der Waals surface area contributed by atoms with Crippen molar-refractivity contribution in [2.75, 3.05) is 0 Å². The van der Waals surface area contributed by atoms with Crippen LogP contribution in [0.4, 0.5) is 5.69 Å². The Morgan fingerprint density at radius 2 is 2.16 bits per heavy atom. The van der Waals surface area contributed by atoms with Crippen molar-refractivity contribution in [2.45, 2.75) is 19.3 Å². The van der Waals surface area contributed by atoms with Crippen LogP contribution in [0.1, 0.15) is 18.5 Å². The topological polar surface area (TPSA) is 86.0 Å². The third-order valence-corrected chi connectivity index (χ3v) is 3.29. The Kier molecular flexibility index (Phi) is 2.70. The van der Waals surface area contributed by atoms with E-state index in [-0.39, 0.29) is 23.8 Å². The number of benzene rings is 1.